The van der Waals surface area contributed by atoms with E-state index in [2.05, 4.69) is 10.1 Å². The predicted molar refractivity (Wildman–Crippen MR) is 80.2 cm³/mol. The summed E-state index contributed by atoms with van der Waals surface area (Å²) in [6, 6.07) is 7.49. The number of ether oxygens (including phenoxy) is 2. The summed E-state index contributed by atoms with van der Waals surface area (Å²) in [7, 11) is 2.98. The molecule has 0 radical (unpaired) electrons. The number of carbonyl (C=O) groups is 2. The van der Waals surface area contributed by atoms with Crippen molar-refractivity contribution in [1.82, 2.24) is 5.32 Å². The van der Waals surface area contributed by atoms with Gasteiger partial charge in [0.05, 0.1) is 20.6 Å². The first-order valence-electron chi connectivity index (χ1n) is 7.12. The zero-order valence-corrected chi connectivity index (χ0v) is 12.7. The van der Waals surface area contributed by atoms with Crippen LogP contribution in [0.3, 0.4) is 0 Å². The highest BCUT2D eigenvalue weighted by Crippen LogP contribution is 2.17. The summed E-state index contributed by atoms with van der Waals surface area (Å²) < 4.78 is 9.78. The molecule has 0 spiro atoms. The monoisotopic (exact) mass is 293 g/mol. The molecule has 0 heterocycles. The van der Waals surface area contributed by atoms with E-state index in [-0.39, 0.29) is 11.9 Å². The number of hydrogen-bond donors (Lipinski definition) is 1. The van der Waals surface area contributed by atoms with E-state index in [4.69, 9.17) is 4.74 Å². The molecular weight excluding hydrogens is 270 g/mol. The second-order valence-corrected chi connectivity index (χ2v) is 4.73. The van der Waals surface area contributed by atoms with Crippen molar-refractivity contribution < 1.29 is 19.1 Å². The van der Waals surface area contributed by atoms with E-state index < -0.39 is 0 Å². The van der Waals surface area contributed by atoms with E-state index in [1.165, 1.54) is 7.11 Å². The van der Waals surface area contributed by atoms with Crippen LogP contribution < -0.4 is 10.1 Å². The Hall–Kier alpha value is -2.04. The molecule has 0 aromatic heterocycles. The van der Waals surface area contributed by atoms with Gasteiger partial charge in [-0.15, -0.1) is 0 Å². The molecule has 1 amide bonds. The lowest BCUT2D eigenvalue weighted by Crippen LogP contribution is -2.26. The van der Waals surface area contributed by atoms with Gasteiger partial charge in [0.1, 0.15) is 5.75 Å². The molecule has 116 valence electrons. The summed E-state index contributed by atoms with van der Waals surface area (Å²) in [4.78, 5) is 22.7. The van der Waals surface area contributed by atoms with Gasteiger partial charge in [-0.05, 0) is 18.9 Å². The van der Waals surface area contributed by atoms with Crippen molar-refractivity contribution in [3.8, 4) is 5.75 Å². The van der Waals surface area contributed by atoms with Crippen molar-refractivity contribution in [2.24, 2.45) is 0 Å². The smallest absolute Gasteiger partial charge is 0.305 e. The Balaban J connectivity index is 2.18. The predicted octanol–water partition coefficient (Wildman–Crippen LogP) is 2.09. The lowest BCUT2D eigenvalue weighted by molar-refractivity contribution is -0.140. The quantitative estimate of drug-likeness (QED) is 0.559. The molecule has 0 saturated carbocycles. The van der Waals surface area contributed by atoms with Gasteiger partial charge >= 0.3 is 5.97 Å². The Morgan fingerprint density at radius 2 is 1.86 bits per heavy atom. The van der Waals surface area contributed by atoms with Crippen LogP contribution in [0.4, 0.5) is 0 Å². The first kappa shape index (κ1) is 17.0. The Labute approximate surface area is 125 Å². The number of hydrogen-bond acceptors (Lipinski definition) is 4. The number of nitrogens with one attached hydrogen (secondary N) is 1. The van der Waals surface area contributed by atoms with Crippen molar-refractivity contribution in [2.75, 3.05) is 20.8 Å². The molecule has 0 atom stereocenters. The van der Waals surface area contributed by atoms with Crippen LogP contribution in [-0.2, 0) is 20.7 Å². The molecule has 21 heavy (non-hydrogen) atoms. The third-order valence-corrected chi connectivity index (χ3v) is 3.15. The number of benzene rings is 1. The molecule has 0 aliphatic heterocycles. The van der Waals surface area contributed by atoms with Crippen molar-refractivity contribution in [3.05, 3.63) is 29.8 Å². The molecule has 0 saturated heterocycles. The van der Waals surface area contributed by atoms with Crippen LogP contribution in [-0.4, -0.2) is 32.6 Å². The number of methoxy groups -OCH3 is 2. The Bertz CT molecular complexity index is 459. The van der Waals surface area contributed by atoms with Gasteiger partial charge < -0.3 is 14.8 Å². The Morgan fingerprint density at radius 3 is 2.57 bits per heavy atom. The number of amides is 1. The topological polar surface area (TPSA) is 64.6 Å². The number of unbranched alkanes of at least 4 members (excludes halogenated alkanes) is 2. The summed E-state index contributed by atoms with van der Waals surface area (Å²) in [5.41, 5.74) is 0.878. The van der Waals surface area contributed by atoms with Gasteiger partial charge in [0.2, 0.25) is 5.91 Å². The van der Waals surface area contributed by atoms with Gasteiger partial charge in [0.15, 0.2) is 0 Å². The number of esters is 1. The van der Waals surface area contributed by atoms with Gasteiger partial charge in [-0.1, -0.05) is 24.6 Å². The second-order valence-electron chi connectivity index (χ2n) is 4.73. The van der Waals surface area contributed by atoms with E-state index in [9.17, 15) is 9.59 Å². The third kappa shape index (κ3) is 6.79. The normalized spacial score (nSPS) is 10.0. The molecule has 1 aromatic carbocycles. The molecule has 0 bridgehead atoms. The van der Waals surface area contributed by atoms with Crippen molar-refractivity contribution >= 4 is 11.9 Å². The Kier molecular flexibility index (Phi) is 7.94. The summed E-state index contributed by atoms with van der Waals surface area (Å²) >= 11 is 0. The second kappa shape index (κ2) is 9.80. The van der Waals surface area contributed by atoms with E-state index in [1.54, 1.807) is 7.11 Å². The van der Waals surface area contributed by atoms with Gasteiger partial charge in [-0.2, -0.15) is 0 Å². The average Bonchev–Trinajstić information content (AvgIpc) is 2.50. The van der Waals surface area contributed by atoms with Crippen LogP contribution >= 0.6 is 0 Å². The lowest BCUT2D eigenvalue weighted by atomic mass is 10.1. The molecule has 0 fully saturated rings. The molecule has 1 rings (SSSR count). The summed E-state index contributed by atoms with van der Waals surface area (Å²) in [6.07, 6.45) is 3.28. The fraction of sp³-hybridized carbons (Fsp3) is 0.500. The summed E-state index contributed by atoms with van der Waals surface area (Å²) in [6.45, 7) is 0.620. The molecule has 5 nitrogen and oxygen atoms in total. The zero-order valence-electron chi connectivity index (χ0n) is 12.7. The van der Waals surface area contributed by atoms with E-state index >= 15 is 0 Å². The highest BCUT2D eigenvalue weighted by atomic mass is 16.5. The summed E-state index contributed by atoms with van der Waals surface area (Å²) in [5, 5.41) is 2.87. The Morgan fingerprint density at radius 1 is 1.10 bits per heavy atom. The lowest BCUT2D eigenvalue weighted by Gasteiger charge is -2.08. The number of para-hydroxylation sites is 1. The van der Waals surface area contributed by atoms with Crippen LogP contribution in [0, 0.1) is 0 Å². The van der Waals surface area contributed by atoms with Gasteiger partial charge in [-0.25, -0.2) is 0 Å². The first-order chi connectivity index (χ1) is 10.2. The summed E-state index contributed by atoms with van der Waals surface area (Å²) in [5.74, 6) is 0.522. The number of rotatable bonds is 9. The van der Waals surface area contributed by atoms with Crippen molar-refractivity contribution in [1.29, 1.82) is 0 Å². The minimum Gasteiger partial charge on any atom is -0.496 e. The van der Waals surface area contributed by atoms with Crippen LogP contribution in [0.1, 0.15) is 31.2 Å². The van der Waals surface area contributed by atoms with E-state index in [0.717, 1.165) is 30.6 Å². The molecular formula is C16H23NO4. The van der Waals surface area contributed by atoms with Crippen LogP contribution in [0.2, 0.25) is 0 Å². The number of carbonyl (C=O) groups excluding carboxylic acids is 2. The van der Waals surface area contributed by atoms with Crippen LogP contribution in [0.25, 0.3) is 0 Å². The van der Waals surface area contributed by atoms with Crippen molar-refractivity contribution in [3.63, 3.8) is 0 Å². The SMILES string of the molecule is COC(=O)CCCCCNC(=O)Cc1ccccc1OC. The molecule has 5 heteroatoms. The average molecular weight is 293 g/mol. The van der Waals surface area contributed by atoms with Gasteiger partial charge in [0.25, 0.3) is 0 Å². The van der Waals surface area contributed by atoms with E-state index in [0.29, 0.717) is 19.4 Å². The minimum absolute atomic E-state index is 0.0209. The van der Waals surface area contributed by atoms with Gasteiger partial charge in [-0.3, -0.25) is 9.59 Å². The molecule has 1 N–H and O–H groups in total. The maximum atomic E-state index is 11.8. The maximum Gasteiger partial charge on any atom is 0.305 e. The van der Waals surface area contributed by atoms with Crippen LogP contribution in [0.5, 0.6) is 5.75 Å². The van der Waals surface area contributed by atoms with Gasteiger partial charge in [0, 0.05) is 18.5 Å². The van der Waals surface area contributed by atoms with E-state index in [1.807, 2.05) is 24.3 Å². The first-order valence-corrected chi connectivity index (χ1v) is 7.12. The highest BCUT2D eigenvalue weighted by Gasteiger charge is 2.07. The zero-order chi connectivity index (χ0) is 15.5. The molecule has 0 unspecified atom stereocenters. The third-order valence-electron chi connectivity index (χ3n) is 3.15. The van der Waals surface area contributed by atoms with Crippen LogP contribution in [0.15, 0.2) is 24.3 Å². The molecule has 0 aliphatic carbocycles. The highest BCUT2D eigenvalue weighted by molar-refractivity contribution is 5.79. The fourth-order valence-electron chi connectivity index (χ4n) is 1.99. The molecule has 1 aromatic rings. The van der Waals surface area contributed by atoms with Crippen molar-refractivity contribution in [2.45, 2.75) is 32.1 Å². The largest absolute Gasteiger partial charge is 0.496 e. The maximum absolute atomic E-state index is 11.8. The fourth-order valence-corrected chi connectivity index (χ4v) is 1.99. The molecule has 0 aliphatic rings. The minimum atomic E-state index is -0.185. The standard InChI is InChI=1S/C16H23NO4/c1-20-14-9-6-5-8-13(14)12-15(18)17-11-7-3-4-10-16(19)21-2/h5-6,8-9H,3-4,7,10-12H2,1-2H3,(H,17,18).